The van der Waals surface area contributed by atoms with E-state index >= 15 is 0 Å². The fourth-order valence-electron chi connectivity index (χ4n) is 11.0. The van der Waals surface area contributed by atoms with E-state index in [-0.39, 0.29) is 5.41 Å². The quantitative estimate of drug-likeness (QED) is 0.162. The van der Waals surface area contributed by atoms with Crippen LogP contribution in [0.1, 0.15) is 57.9 Å². The molecule has 9 aromatic rings. The maximum absolute atomic E-state index is 6.43. The van der Waals surface area contributed by atoms with Crippen molar-refractivity contribution in [3.8, 4) is 16.8 Å². The van der Waals surface area contributed by atoms with Crippen molar-refractivity contribution in [2.45, 2.75) is 57.8 Å². The first-order chi connectivity index (χ1) is 28.0. The van der Waals surface area contributed by atoms with Gasteiger partial charge in [0, 0.05) is 50.4 Å². The summed E-state index contributed by atoms with van der Waals surface area (Å²) in [5.41, 5.74) is 13.0. The van der Waals surface area contributed by atoms with E-state index in [1.165, 1.54) is 77.0 Å². The first-order valence-electron chi connectivity index (χ1n) is 21.1. The van der Waals surface area contributed by atoms with Crippen molar-refractivity contribution in [2.75, 3.05) is 4.90 Å². The standard InChI is InChI=1S/C54H48N2O/c1-3-54(34-37-19-20-40(35-54)36(2)31-37)41-23-27-43(28-24-41)55(45-29-30-49-48-15-6-9-18-52(48)57-53(49)33-45)42-25-21-38(22-26-42)39-11-10-12-44(32-39)56-50-16-7-4-13-46(50)47-14-5-8-17-51(47)56/h4-18,21-30,32-33,36-37,40H,3,19-20,31,34-35H2,1-2H3/t36-,37?,40-,54?/m1/s1. The summed E-state index contributed by atoms with van der Waals surface area (Å²) in [4.78, 5) is 2.40. The van der Waals surface area contributed by atoms with Crippen molar-refractivity contribution in [1.29, 1.82) is 0 Å². The zero-order valence-corrected chi connectivity index (χ0v) is 32.9. The molecule has 0 N–H and O–H groups in total. The number of anilines is 3. The highest BCUT2D eigenvalue weighted by Gasteiger charge is 2.43. The summed E-state index contributed by atoms with van der Waals surface area (Å²) in [5, 5.41) is 4.85. The number of aromatic nitrogens is 1. The van der Waals surface area contributed by atoms with Crippen molar-refractivity contribution in [3.63, 3.8) is 0 Å². The smallest absolute Gasteiger partial charge is 0.137 e. The van der Waals surface area contributed by atoms with E-state index in [4.69, 9.17) is 4.42 Å². The van der Waals surface area contributed by atoms with Gasteiger partial charge in [-0.15, -0.1) is 0 Å². The molecule has 12 rings (SSSR count). The third-order valence-electron chi connectivity index (χ3n) is 14.0. The van der Waals surface area contributed by atoms with Gasteiger partial charge in [0.15, 0.2) is 0 Å². The largest absolute Gasteiger partial charge is 0.456 e. The van der Waals surface area contributed by atoms with Gasteiger partial charge in [-0.2, -0.15) is 0 Å². The molecule has 0 aliphatic heterocycles. The number of benzene rings is 7. The van der Waals surface area contributed by atoms with Gasteiger partial charge in [-0.3, -0.25) is 0 Å². The molecule has 2 unspecified atom stereocenters. The molecule has 57 heavy (non-hydrogen) atoms. The van der Waals surface area contributed by atoms with E-state index in [1.807, 2.05) is 6.07 Å². The van der Waals surface area contributed by atoms with Crippen LogP contribution in [0, 0.1) is 17.8 Å². The lowest BCUT2D eigenvalue weighted by molar-refractivity contribution is 0.218. The first kappa shape index (κ1) is 34.2. The van der Waals surface area contributed by atoms with Gasteiger partial charge in [0.05, 0.1) is 11.0 Å². The molecule has 3 heteroatoms. The molecule has 4 atom stereocenters. The normalized spacial score (nSPS) is 20.8. The minimum Gasteiger partial charge on any atom is -0.456 e. The van der Waals surface area contributed by atoms with Crippen LogP contribution in [0.25, 0.3) is 60.6 Å². The lowest BCUT2D eigenvalue weighted by atomic mass is 9.70. The molecule has 2 aromatic heterocycles. The average molecular weight is 741 g/mol. The van der Waals surface area contributed by atoms with Crippen LogP contribution in [0.2, 0.25) is 0 Å². The number of nitrogens with zero attached hydrogens (tertiary/aromatic N) is 2. The molecular weight excluding hydrogens is 693 g/mol. The number of fused-ring (bicyclic) bond motifs is 10. The van der Waals surface area contributed by atoms with E-state index < -0.39 is 0 Å². The van der Waals surface area contributed by atoms with E-state index in [0.717, 1.165) is 62.4 Å². The third kappa shape index (κ3) is 5.70. The topological polar surface area (TPSA) is 21.3 Å². The van der Waals surface area contributed by atoms with Gasteiger partial charge in [0.1, 0.15) is 11.2 Å². The molecule has 7 aromatic carbocycles. The maximum atomic E-state index is 6.43. The van der Waals surface area contributed by atoms with Crippen molar-refractivity contribution >= 4 is 60.8 Å². The highest BCUT2D eigenvalue weighted by Crippen LogP contribution is 2.53. The molecular formula is C54H48N2O. The summed E-state index contributed by atoms with van der Waals surface area (Å²) < 4.78 is 8.83. The van der Waals surface area contributed by atoms with Crippen LogP contribution in [0.3, 0.4) is 0 Å². The molecule has 0 spiro atoms. The fourth-order valence-corrected chi connectivity index (χ4v) is 11.0. The Hall–Kier alpha value is -6.06. The van der Waals surface area contributed by atoms with Gasteiger partial charge in [0.25, 0.3) is 0 Å². The van der Waals surface area contributed by atoms with Crippen molar-refractivity contribution in [1.82, 2.24) is 4.57 Å². The number of rotatable bonds is 7. The van der Waals surface area contributed by atoms with E-state index in [2.05, 4.69) is 181 Å². The summed E-state index contributed by atoms with van der Waals surface area (Å²) in [7, 11) is 0. The van der Waals surface area contributed by atoms with Crippen molar-refractivity contribution < 1.29 is 4.42 Å². The maximum Gasteiger partial charge on any atom is 0.137 e. The summed E-state index contributed by atoms with van der Waals surface area (Å²) in [5.74, 6) is 2.54. The Bertz CT molecular complexity index is 2860. The second-order valence-corrected chi connectivity index (χ2v) is 17.1. The molecule has 2 heterocycles. The second kappa shape index (κ2) is 13.6. The summed E-state index contributed by atoms with van der Waals surface area (Å²) in [6.45, 7) is 4.94. The van der Waals surface area contributed by atoms with Crippen LogP contribution in [0.4, 0.5) is 17.1 Å². The van der Waals surface area contributed by atoms with Crippen molar-refractivity contribution in [3.05, 3.63) is 169 Å². The highest BCUT2D eigenvalue weighted by atomic mass is 16.3. The van der Waals surface area contributed by atoms with Gasteiger partial charge in [-0.05, 0) is 139 Å². The van der Waals surface area contributed by atoms with Crippen LogP contribution in [0.5, 0.6) is 0 Å². The summed E-state index contributed by atoms with van der Waals surface area (Å²) in [6, 6.07) is 60.2. The first-order valence-corrected chi connectivity index (χ1v) is 21.1. The number of furan rings is 1. The molecule has 3 saturated carbocycles. The minimum absolute atomic E-state index is 0.266. The monoisotopic (exact) mass is 740 g/mol. The Labute approximate surface area is 335 Å². The van der Waals surface area contributed by atoms with E-state index in [0.29, 0.717) is 0 Å². The average Bonchev–Trinajstić information content (AvgIpc) is 3.68. The van der Waals surface area contributed by atoms with Crippen LogP contribution in [0.15, 0.2) is 168 Å². The minimum atomic E-state index is 0.266. The Morgan fingerprint density at radius 3 is 1.95 bits per heavy atom. The predicted molar refractivity (Wildman–Crippen MR) is 239 cm³/mol. The third-order valence-corrected chi connectivity index (χ3v) is 14.0. The summed E-state index contributed by atoms with van der Waals surface area (Å²) >= 11 is 0. The Morgan fingerprint density at radius 1 is 0.579 bits per heavy atom. The van der Waals surface area contributed by atoms with Gasteiger partial charge >= 0.3 is 0 Å². The van der Waals surface area contributed by atoms with Crippen LogP contribution in [-0.4, -0.2) is 4.57 Å². The SMILES string of the molecule is CCC1(c2ccc(N(c3ccc(-c4cccc(-n5c6ccccc6c6ccccc65)c4)cc3)c3ccc4c(c3)oc3ccccc34)cc2)CC2CC[C@H](C1)[C@H](C)C2. The van der Waals surface area contributed by atoms with E-state index in [1.54, 1.807) is 0 Å². The van der Waals surface area contributed by atoms with Crippen LogP contribution in [-0.2, 0) is 5.41 Å². The fraction of sp³-hybridized carbons (Fsp3) is 0.222. The second-order valence-electron chi connectivity index (χ2n) is 17.1. The van der Waals surface area contributed by atoms with Gasteiger partial charge in [-0.1, -0.05) is 111 Å². The van der Waals surface area contributed by atoms with Crippen LogP contribution < -0.4 is 4.90 Å². The predicted octanol–water partition coefficient (Wildman–Crippen LogP) is 15.3. The van der Waals surface area contributed by atoms with Gasteiger partial charge in [0.2, 0.25) is 0 Å². The highest BCUT2D eigenvalue weighted by molar-refractivity contribution is 6.09. The molecule has 0 saturated heterocycles. The molecule has 3 fully saturated rings. The molecule has 0 radical (unpaired) electrons. The zero-order valence-electron chi connectivity index (χ0n) is 32.9. The Balaban J connectivity index is 0.984. The number of para-hydroxylation sites is 3. The Morgan fingerprint density at radius 2 is 1.23 bits per heavy atom. The van der Waals surface area contributed by atoms with Crippen molar-refractivity contribution in [2.24, 2.45) is 17.8 Å². The lowest BCUT2D eigenvalue weighted by Gasteiger charge is -2.35. The molecule has 3 aliphatic carbocycles. The molecule has 0 amide bonds. The molecule has 3 nitrogen and oxygen atoms in total. The zero-order chi connectivity index (χ0) is 38.1. The van der Waals surface area contributed by atoms with Crippen LogP contribution >= 0.6 is 0 Å². The number of hydrogen-bond acceptors (Lipinski definition) is 2. The Kier molecular flexibility index (Phi) is 8.13. The van der Waals surface area contributed by atoms with E-state index in [9.17, 15) is 0 Å². The summed E-state index contributed by atoms with van der Waals surface area (Å²) in [6.07, 6.45) is 8.08. The van der Waals surface area contributed by atoms with Gasteiger partial charge < -0.3 is 13.9 Å². The molecule has 280 valence electrons. The number of hydrogen-bond donors (Lipinski definition) is 0. The van der Waals surface area contributed by atoms with Gasteiger partial charge in [-0.25, -0.2) is 0 Å². The lowest BCUT2D eigenvalue weighted by Crippen LogP contribution is -2.27. The molecule has 2 bridgehead atoms. The molecule has 3 aliphatic rings.